The molecule has 0 bridgehead atoms. The van der Waals surface area contributed by atoms with E-state index >= 15 is 8.78 Å². The molecule has 0 unspecified atom stereocenters. The molecule has 2 aromatic carbocycles. The number of nitrogens with two attached hydrogens (primary N) is 1. The van der Waals surface area contributed by atoms with Gasteiger partial charge in [-0.3, -0.25) is 4.79 Å². The van der Waals surface area contributed by atoms with Crippen LogP contribution in [0.4, 0.5) is 24.4 Å². The van der Waals surface area contributed by atoms with Crippen molar-refractivity contribution in [2.24, 2.45) is 5.73 Å². The summed E-state index contributed by atoms with van der Waals surface area (Å²) in [4.78, 5) is 30.7. The number of likely N-dealkylation sites (tertiary alicyclic amines) is 1. The second-order valence-electron chi connectivity index (χ2n) is 11.3. The number of benzene rings is 2. The van der Waals surface area contributed by atoms with Gasteiger partial charge in [-0.05, 0) is 55.3 Å². The number of hydrogen-bond donors (Lipinski definition) is 5. The lowest BCUT2D eigenvalue weighted by molar-refractivity contribution is -0.123. The number of piperidine rings is 1. The largest absolute Gasteiger partial charge is 0.445 e. The molecule has 1 saturated heterocycles. The Hall–Kier alpha value is -4.43. The van der Waals surface area contributed by atoms with Crippen molar-refractivity contribution in [3.8, 4) is 10.4 Å². The lowest BCUT2D eigenvalue weighted by atomic mass is 9.85. The lowest BCUT2D eigenvalue weighted by Gasteiger charge is -2.41. The number of ether oxygens (including phenoxy) is 1. The van der Waals surface area contributed by atoms with Gasteiger partial charge in [0, 0.05) is 17.8 Å². The number of nitrogens with one attached hydrogen (secondary N) is 1. The number of thiophene rings is 1. The number of aliphatic hydroxyl groups is 3. The molecule has 1 fully saturated rings. The van der Waals surface area contributed by atoms with Gasteiger partial charge in [0.05, 0.1) is 29.0 Å². The van der Waals surface area contributed by atoms with Crippen LogP contribution in [-0.2, 0) is 22.5 Å². The topological polar surface area (TPSA) is 158 Å². The molecule has 45 heavy (non-hydrogen) atoms. The number of carbonyl (C=O) groups excluding carboxylic acids is 2. The van der Waals surface area contributed by atoms with Crippen molar-refractivity contribution >= 4 is 34.2 Å². The third-order valence-corrected chi connectivity index (χ3v) is 8.67. The van der Waals surface area contributed by atoms with Gasteiger partial charge in [-0.2, -0.15) is 0 Å². The van der Waals surface area contributed by atoms with E-state index in [1.807, 2.05) is 30.3 Å². The molecule has 2 atom stereocenters. The molecule has 4 aromatic rings. The summed E-state index contributed by atoms with van der Waals surface area (Å²) in [7, 11) is 0. The Bertz CT molecular complexity index is 1710. The van der Waals surface area contributed by atoms with E-state index in [-0.39, 0.29) is 58.6 Å². The molecule has 10 nitrogen and oxygen atoms in total. The van der Waals surface area contributed by atoms with Gasteiger partial charge in [0.1, 0.15) is 40.8 Å². The molecule has 6 N–H and O–H groups in total. The Labute approximate surface area is 261 Å². The van der Waals surface area contributed by atoms with Crippen molar-refractivity contribution in [2.75, 3.05) is 18.4 Å². The van der Waals surface area contributed by atoms with Crippen molar-refractivity contribution in [1.82, 2.24) is 9.88 Å². The molecule has 2 amide bonds. The third-order valence-electron chi connectivity index (χ3n) is 7.60. The molecule has 5 rings (SSSR count). The predicted octanol–water partition coefficient (Wildman–Crippen LogP) is 4.75. The third kappa shape index (κ3) is 6.81. The maximum atomic E-state index is 15.1. The normalized spacial score (nSPS) is 18.5. The number of rotatable bonds is 8. The molecule has 0 aliphatic carbocycles. The van der Waals surface area contributed by atoms with Gasteiger partial charge < -0.3 is 36.0 Å². The average molecular weight is 639 g/mol. The highest BCUT2D eigenvalue weighted by Crippen LogP contribution is 2.41. The fourth-order valence-corrected chi connectivity index (χ4v) is 6.13. The molecule has 0 saturated carbocycles. The van der Waals surface area contributed by atoms with Crippen LogP contribution in [0.15, 0.2) is 66.7 Å². The standard InChI is InChI=1S/C32H32F2N4O6S/c1-31(2,42)19-13-21(33)27(22(34)14-19)23-15-20(28(35)40)29(45-23)37-26-10-6-9-24(36-26)32(43)11-12-38(16-25(32)39)30(41)44-17-18-7-4-3-5-8-18/h3-10,13-15,25,39,42-43H,11-12,16-17H2,1-2H3,(H2,35,40)(H,36,37)/t25-,32-/m0/s1. The van der Waals surface area contributed by atoms with Crippen molar-refractivity contribution in [3.63, 3.8) is 0 Å². The van der Waals surface area contributed by atoms with Crippen LogP contribution >= 0.6 is 11.3 Å². The van der Waals surface area contributed by atoms with Crippen LogP contribution in [0.3, 0.4) is 0 Å². The molecule has 0 spiro atoms. The molecular formula is C32H32F2N4O6S. The minimum absolute atomic E-state index is 0.0417. The minimum atomic E-state index is -1.81. The summed E-state index contributed by atoms with van der Waals surface area (Å²) in [6, 6.07) is 17.1. The number of anilines is 2. The summed E-state index contributed by atoms with van der Waals surface area (Å²) >= 11 is 0.861. The maximum Gasteiger partial charge on any atom is 0.410 e. The molecule has 13 heteroatoms. The summed E-state index contributed by atoms with van der Waals surface area (Å²) in [6.07, 6.45) is -2.07. The Morgan fingerprint density at radius 3 is 2.44 bits per heavy atom. The van der Waals surface area contributed by atoms with Gasteiger partial charge in [0.15, 0.2) is 0 Å². The summed E-state index contributed by atoms with van der Waals surface area (Å²) in [5, 5.41) is 35.6. The predicted molar refractivity (Wildman–Crippen MR) is 164 cm³/mol. The van der Waals surface area contributed by atoms with E-state index in [0.717, 1.165) is 29.0 Å². The number of amides is 2. The quantitative estimate of drug-likeness (QED) is 0.185. The van der Waals surface area contributed by atoms with Gasteiger partial charge in [-0.15, -0.1) is 11.3 Å². The van der Waals surface area contributed by atoms with Crippen molar-refractivity contribution in [3.05, 3.63) is 101 Å². The van der Waals surface area contributed by atoms with Crippen molar-refractivity contribution in [2.45, 2.75) is 44.2 Å². The molecule has 0 radical (unpaired) electrons. The van der Waals surface area contributed by atoms with Gasteiger partial charge in [-0.1, -0.05) is 36.4 Å². The average Bonchev–Trinajstić information content (AvgIpc) is 3.40. The highest BCUT2D eigenvalue weighted by atomic mass is 32.1. The molecular weight excluding hydrogens is 606 g/mol. The number of nitrogens with zero attached hydrogens (tertiary/aromatic N) is 2. The molecule has 236 valence electrons. The number of carbonyl (C=O) groups is 2. The molecule has 1 aliphatic heterocycles. The zero-order chi connectivity index (χ0) is 32.5. The number of β-amino-alcohol motifs (C(OH)–C–C–N with tert-alkyl or cyclic N) is 1. The van der Waals surface area contributed by atoms with Crippen LogP contribution in [0.5, 0.6) is 0 Å². The first-order valence-electron chi connectivity index (χ1n) is 14.0. The number of aliphatic hydroxyl groups excluding tert-OH is 1. The smallest absolute Gasteiger partial charge is 0.410 e. The first-order chi connectivity index (χ1) is 21.3. The molecule has 3 heterocycles. The number of aromatic nitrogens is 1. The van der Waals surface area contributed by atoms with Crippen LogP contribution in [0.2, 0.25) is 0 Å². The van der Waals surface area contributed by atoms with Gasteiger partial charge in [0.25, 0.3) is 5.91 Å². The van der Waals surface area contributed by atoms with E-state index in [2.05, 4.69) is 10.3 Å². The zero-order valence-corrected chi connectivity index (χ0v) is 25.3. The van der Waals surface area contributed by atoms with E-state index in [0.29, 0.717) is 0 Å². The first-order valence-corrected chi connectivity index (χ1v) is 14.8. The Balaban J connectivity index is 1.34. The zero-order valence-electron chi connectivity index (χ0n) is 24.5. The van der Waals surface area contributed by atoms with Crippen LogP contribution < -0.4 is 11.1 Å². The van der Waals surface area contributed by atoms with E-state index < -0.39 is 46.5 Å². The second kappa shape index (κ2) is 12.5. The van der Waals surface area contributed by atoms with E-state index in [1.54, 1.807) is 12.1 Å². The van der Waals surface area contributed by atoms with Crippen LogP contribution in [0, 0.1) is 11.6 Å². The fourth-order valence-electron chi connectivity index (χ4n) is 5.01. The summed E-state index contributed by atoms with van der Waals surface area (Å²) in [5.41, 5.74) is 2.80. The Morgan fingerprint density at radius 1 is 1.13 bits per heavy atom. The molecule has 1 aliphatic rings. The molecule has 2 aromatic heterocycles. The van der Waals surface area contributed by atoms with Gasteiger partial charge >= 0.3 is 6.09 Å². The Morgan fingerprint density at radius 2 is 1.82 bits per heavy atom. The number of primary amides is 1. The van der Waals surface area contributed by atoms with E-state index in [4.69, 9.17) is 10.5 Å². The number of halogens is 2. The highest BCUT2D eigenvalue weighted by molar-refractivity contribution is 7.20. The summed E-state index contributed by atoms with van der Waals surface area (Å²) in [6.45, 7) is 2.76. The van der Waals surface area contributed by atoms with Crippen LogP contribution in [0.1, 0.15) is 47.4 Å². The van der Waals surface area contributed by atoms with Crippen molar-refractivity contribution in [1.29, 1.82) is 0 Å². The maximum absolute atomic E-state index is 15.1. The summed E-state index contributed by atoms with van der Waals surface area (Å²) < 4.78 is 35.5. The Kier molecular flexibility index (Phi) is 8.90. The van der Waals surface area contributed by atoms with Crippen LogP contribution in [-0.4, -0.2) is 56.4 Å². The van der Waals surface area contributed by atoms with E-state index in [9.17, 15) is 24.9 Å². The van der Waals surface area contributed by atoms with E-state index in [1.165, 1.54) is 30.9 Å². The monoisotopic (exact) mass is 638 g/mol. The highest BCUT2D eigenvalue weighted by Gasteiger charge is 2.45. The minimum Gasteiger partial charge on any atom is -0.445 e. The fraction of sp³-hybridized carbons (Fsp3) is 0.281. The lowest BCUT2D eigenvalue weighted by Crippen LogP contribution is -2.55. The summed E-state index contributed by atoms with van der Waals surface area (Å²) in [5.74, 6) is -2.55. The van der Waals surface area contributed by atoms with Crippen LogP contribution in [0.25, 0.3) is 10.4 Å². The SMILES string of the molecule is CC(C)(O)c1cc(F)c(-c2cc(C(N)=O)c(Nc3cccc([C@@]4(O)CCN(C(=O)OCc5ccccc5)C[C@@H]4O)n3)s2)c(F)c1. The van der Waals surface area contributed by atoms with Crippen molar-refractivity contribution < 1.29 is 38.4 Å². The number of hydrogen-bond acceptors (Lipinski definition) is 9. The number of pyridine rings is 1. The van der Waals surface area contributed by atoms with Gasteiger partial charge in [0.2, 0.25) is 0 Å². The van der Waals surface area contributed by atoms with Gasteiger partial charge in [-0.25, -0.2) is 18.6 Å². The first kappa shape index (κ1) is 32.0. The second-order valence-corrected chi connectivity index (χ2v) is 12.4.